The topological polar surface area (TPSA) is 35.0 Å². The molecule has 1 unspecified atom stereocenters. The molecule has 194 valence electrons. The van der Waals surface area contributed by atoms with Gasteiger partial charge in [0, 0.05) is 39.9 Å². The van der Waals surface area contributed by atoms with Crippen LogP contribution in [0.5, 0.6) is 11.5 Å². The highest BCUT2D eigenvalue weighted by molar-refractivity contribution is 5.94. The van der Waals surface area contributed by atoms with Gasteiger partial charge < -0.3 is 4.74 Å². The third-order valence-electron chi connectivity index (χ3n) is 8.14. The Balaban J connectivity index is 1.33. The summed E-state index contributed by atoms with van der Waals surface area (Å²) in [6.07, 6.45) is 7.53. The molecular formula is C38H26N2O. The zero-order valence-corrected chi connectivity index (χ0v) is 22.4. The Hall–Kier alpha value is -5.28. The maximum absolute atomic E-state index is 6.41. The lowest BCUT2D eigenvalue weighted by atomic mass is 9.77. The van der Waals surface area contributed by atoms with E-state index in [1.54, 1.807) is 0 Å². The van der Waals surface area contributed by atoms with Crippen molar-refractivity contribution < 1.29 is 4.74 Å². The number of ether oxygens (including phenoxy) is 1. The summed E-state index contributed by atoms with van der Waals surface area (Å²) >= 11 is 0. The van der Waals surface area contributed by atoms with Gasteiger partial charge in [0.05, 0.1) is 5.69 Å². The molecule has 2 heterocycles. The molecule has 0 N–H and O–H groups in total. The van der Waals surface area contributed by atoms with E-state index in [1.165, 1.54) is 22.3 Å². The molecule has 0 bridgehead atoms. The number of benzene rings is 5. The van der Waals surface area contributed by atoms with Crippen molar-refractivity contribution in [2.75, 3.05) is 0 Å². The Morgan fingerprint density at radius 3 is 2.07 bits per heavy atom. The normalized spacial score (nSPS) is 14.6. The van der Waals surface area contributed by atoms with Crippen molar-refractivity contribution in [2.45, 2.75) is 12.3 Å². The lowest BCUT2D eigenvalue weighted by Gasteiger charge is -2.32. The second-order valence-corrected chi connectivity index (χ2v) is 10.5. The summed E-state index contributed by atoms with van der Waals surface area (Å²) in [6.45, 7) is 0. The van der Waals surface area contributed by atoms with E-state index in [9.17, 15) is 0 Å². The van der Waals surface area contributed by atoms with Crippen molar-refractivity contribution >= 4 is 6.08 Å². The average molecular weight is 527 g/mol. The molecular weight excluding hydrogens is 500 g/mol. The van der Waals surface area contributed by atoms with Crippen LogP contribution in [0.2, 0.25) is 0 Å². The van der Waals surface area contributed by atoms with Crippen LogP contribution in [0.15, 0.2) is 134 Å². The fraction of sp³-hybridized carbons (Fsp3) is 0.0526. The number of para-hydroxylation sites is 1. The molecule has 1 atom stereocenters. The molecule has 0 amide bonds. The van der Waals surface area contributed by atoms with Gasteiger partial charge in [0.15, 0.2) is 5.82 Å². The Morgan fingerprint density at radius 1 is 0.585 bits per heavy atom. The Kier molecular flexibility index (Phi) is 5.60. The molecule has 5 aromatic carbocycles. The van der Waals surface area contributed by atoms with E-state index in [0.29, 0.717) is 0 Å². The molecule has 8 rings (SSSR count). The van der Waals surface area contributed by atoms with Crippen LogP contribution in [0, 0.1) is 0 Å². The van der Waals surface area contributed by atoms with Crippen LogP contribution in [-0.2, 0) is 0 Å². The number of nitrogens with zero attached hydrogens (tertiary/aromatic N) is 2. The predicted molar refractivity (Wildman–Crippen MR) is 166 cm³/mol. The second-order valence-electron chi connectivity index (χ2n) is 10.5. The zero-order valence-electron chi connectivity index (χ0n) is 22.4. The number of hydrogen-bond donors (Lipinski definition) is 0. The number of rotatable bonds is 4. The van der Waals surface area contributed by atoms with Crippen LogP contribution in [0.25, 0.3) is 51.0 Å². The van der Waals surface area contributed by atoms with Gasteiger partial charge >= 0.3 is 0 Å². The van der Waals surface area contributed by atoms with Crippen molar-refractivity contribution in [2.24, 2.45) is 0 Å². The van der Waals surface area contributed by atoms with Gasteiger partial charge in [0.25, 0.3) is 0 Å². The number of hydrogen-bond acceptors (Lipinski definition) is 3. The summed E-state index contributed by atoms with van der Waals surface area (Å²) in [5, 5.41) is 0. The maximum Gasteiger partial charge on any atom is 0.159 e. The first kappa shape index (κ1) is 23.6. The van der Waals surface area contributed by atoms with E-state index < -0.39 is 0 Å². The summed E-state index contributed by atoms with van der Waals surface area (Å²) in [5.74, 6) is 2.92. The predicted octanol–water partition coefficient (Wildman–Crippen LogP) is 9.80. The molecule has 6 aromatic rings. The van der Waals surface area contributed by atoms with Crippen molar-refractivity contribution in [3.05, 3.63) is 150 Å². The van der Waals surface area contributed by atoms with Crippen LogP contribution >= 0.6 is 0 Å². The first-order chi connectivity index (χ1) is 20.3. The van der Waals surface area contributed by atoms with Crippen LogP contribution in [0.4, 0.5) is 0 Å². The van der Waals surface area contributed by atoms with Gasteiger partial charge in [0.2, 0.25) is 0 Å². The molecule has 0 saturated carbocycles. The van der Waals surface area contributed by atoms with Gasteiger partial charge in [-0.3, -0.25) is 0 Å². The summed E-state index contributed by atoms with van der Waals surface area (Å²) in [5.41, 5.74) is 11.2. The molecule has 1 aromatic heterocycles. The molecule has 0 fully saturated rings. The van der Waals surface area contributed by atoms with Crippen LogP contribution < -0.4 is 4.74 Å². The Morgan fingerprint density at radius 2 is 1.27 bits per heavy atom. The van der Waals surface area contributed by atoms with Crippen LogP contribution in [0.3, 0.4) is 0 Å². The van der Waals surface area contributed by atoms with Gasteiger partial charge in [-0.25, -0.2) is 9.97 Å². The van der Waals surface area contributed by atoms with Gasteiger partial charge in [-0.15, -0.1) is 0 Å². The highest BCUT2D eigenvalue weighted by Crippen LogP contribution is 2.52. The van der Waals surface area contributed by atoms with Crippen molar-refractivity contribution in [3.8, 4) is 56.4 Å². The molecule has 3 nitrogen and oxygen atoms in total. The highest BCUT2D eigenvalue weighted by atomic mass is 16.5. The molecule has 0 saturated heterocycles. The lowest BCUT2D eigenvalue weighted by Crippen LogP contribution is -2.14. The quantitative estimate of drug-likeness (QED) is 0.229. The van der Waals surface area contributed by atoms with E-state index in [1.807, 2.05) is 36.5 Å². The van der Waals surface area contributed by atoms with Crippen molar-refractivity contribution in [3.63, 3.8) is 0 Å². The standard InChI is InChI=1S/C38H26N2O/c1-3-12-25(13-4-1)37-33(24-39-38(40-37)26-14-5-2-6-15-26)28-17-8-7-16-27(28)29-22-23-35-36-31(29)19-11-20-32(36)30-18-9-10-21-34(30)41-35/h1-19,21-24,32H,20H2. The fourth-order valence-electron chi connectivity index (χ4n) is 6.26. The summed E-state index contributed by atoms with van der Waals surface area (Å²) in [6, 6.07) is 41.9. The van der Waals surface area contributed by atoms with E-state index in [0.717, 1.165) is 57.3 Å². The molecule has 0 radical (unpaired) electrons. The molecule has 3 heteroatoms. The van der Waals surface area contributed by atoms with Gasteiger partial charge in [-0.05, 0) is 40.8 Å². The monoisotopic (exact) mass is 526 g/mol. The Bertz CT molecular complexity index is 1940. The SMILES string of the molecule is C1=Cc2c(-c3ccccc3-c3cnc(-c4ccccc4)nc3-c3ccccc3)ccc3c2C(C1)c1ccccc1O3. The number of allylic oxidation sites excluding steroid dienone is 1. The van der Waals surface area contributed by atoms with Crippen LogP contribution in [-0.4, -0.2) is 9.97 Å². The van der Waals surface area contributed by atoms with Gasteiger partial charge in [-0.1, -0.05) is 121 Å². The van der Waals surface area contributed by atoms with Crippen molar-refractivity contribution in [1.82, 2.24) is 9.97 Å². The molecule has 2 aliphatic rings. The second kappa shape index (κ2) is 9.72. The molecule has 1 aliphatic heterocycles. The first-order valence-electron chi connectivity index (χ1n) is 14.0. The summed E-state index contributed by atoms with van der Waals surface area (Å²) in [4.78, 5) is 10.0. The van der Waals surface area contributed by atoms with Crippen LogP contribution in [0.1, 0.15) is 29.0 Å². The van der Waals surface area contributed by atoms with Gasteiger partial charge in [0.1, 0.15) is 11.5 Å². The maximum atomic E-state index is 6.41. The molecule has 1 aliphatic carbocycles. The smallest absolute Gasteiger partial charge is 0.159 e. The van der Waals surface area contributed by atoms with Crippen molar-refractivity contribution in [1.29, 1.82) is 0 Å². The largest absolute Gasteiger partial charge is 0.457 e. The van der Waals surface area contributed by atoms with E-state index >= 15 is 0 Å². The average Bonchev–Trinajstić information content (AvgIpc) is 3.06. The number of fused-ring (bicyclic) bond motifs is 2. The zero-order chi connectivity index (χ0) is 27.2. The fourth-order valence-corrected chi connectivity index (χ4v) is 6.26. The van der Waals surface area contributed by atoms with Gasteiger partial charge in [-0.2, -0.15) is 0 Å². The van der Waals surface area contributed by atoms with E-state index in [4.69, 9.17) is 14.7 Å². The summed E-state index contributed by atoms with van der Waals surface area (Å²) < 4.78 is 6.41. The van der Waals surface area contributed by atoms with E-state index in [-0.39, 0.29) is 5.92 Å². The molecule has 0 spiro atoms. The third-order valence-corrected chi connectivity index (χ3v) is 8.14. The highest BCUT2D eigenvalue weighted by Gasteiger charge is 2.32. The minimum Gasteiger partial charge on any atom is -0.457 e. The minimum absolute atomic E-state index is 0.287. The third kappa shape index (κ3) is 3.97. The Labute approximate surface area is 239 Å². The molecule has 41 heavy (non-hydrogen) atoms. The van der Waals surface area contributed by atoms with E-state index in [2.05, 4.69) is 103 Å². The lowest BCUT2D eigenvalue weighted by molar-refractivity contribution is 0.445. The summed E-state index contributed by atoms with van der Waals surface area (Å²) in [7, 11) is 0. The minimum atomic E-state index is 0.287. The first-order valence-corrected chi connectivity index (χ1v) is 14.0. The number of aromatic nitrogens is 2.